The topological polar surface area (TPSA) is 46.6 Å². The number of hydrogen-bond donors (Lipinski definition) is 0. The molecular weight excluding hydrogens is 370 g/mol. The van der Waals surface area contributed by atoms with Crippen LogP contribution < -0.4 is 0 Å². The molecule has 2 aromatic carbocycles. The van der Waals surface area contributed by atoms with Gasteiger partial charge in [0.1, 0.15) is 6.04 Å². The molecule has 0 aliphatic carbocycles. The summed E-state index contributed by atoms with van der Waals surface area (Å²) in [6, 6.07) is 13.3. The van der Waals surface area contributed by atoms with Crippen LogP contribution in [0.15, 0.2) is 42.5 Å². The number of amides is 1. The molecule has 1 aliphatic rings. The highest BCUT2D eigenvalue weighted by molar-refractivity contribution is 8.00. The van der Waals surface area contributed by atoms with Crippen LogP contribution in [0.3, 0.4) is 0 Å². The number of hydrogen-bond acceptors (Lipinski definition) is 4. The molecule has 1 heterocycles. The van der Waals surface area contributed by atoms with Crippen molar-refractivity contribution < 1.29 is 14.3 Å². The van der Waals surface area contributed by atoms with Gasteiger partial charge >= 0.3 is 5.97 Å². The zero-order valence-electron chi connectivity index (χ0n) is 16.7. The maximum absolute atomic E-state index is 13.4. The quantitative estimate of drug-likeness (QED) is 0.449. The molecule has 150 valence electrons. The van der Waals surface area contributed by atoms with Crippen LogP contribution in [0.5, 0.6) is 0 Å². The lowest BCUT2D eigenvalue weighted by Gasteiger charge is -2.28. The third kappa shape index (κ3) is 4.69. The maximum Gasteiger partial charge on any atom is 0.329 e. The molecule has 4 nitrogen and oxygen atoms in total. The fraction of sp³-hybridized carbons (Fsp3) is 0.478. The van der Waals surface area contributed by atoms with Crippen LogP contribution in [0.25, 0.3) is 10.8 Å². The van der Waals surface area contributed by atoms with E-state index in [2.05, 4.69) is 6.92 Å². The molecular formula is C23H29NO3S. The highest BCUT2D eigenvalue weighted by Gasteiger charge is 2.42. The molecule has 0 N–H and O–H groups in total. The van der Waals surface area contributed by atoms with Gasteiger partial charge in [0.2, 0.25) is 0 Å². The molecule has 2 atom stereocenters. The lowest BCUT2D eigenvalue weighted by atomic mass is 10.1. The van der Waals surface area contributed by atoms with Crippen LogP contribution in [0.1, 0.15) is 56.3 Å². The smallest absolute Gasteiger partial charge is 0.329 e. The van der Waals surface area contributed by atoms with Gasteiger partial charge in [-0.25, -0.2) is 4.79 Å². The minimum atomic E-state index is -0.498. The third-order valence-electron chi connectivity index (χ3n) is 5.10. The first-order chi connectivity index (χ1) is 13.7. The number of ether oxygens (including phenoxy) is 1. The van der Waals surface area contributed by atoms with Crippen molar-refractivity contribution in [2.45, 2.75) is 57.4 Å². The summed E-state index contributed by atoms with van der Waals surface area (Å²) in [4.78, 5) is 27.8. The average Bonchev–Trinajstić information content (AvgIpc) is 3.15. The zero-order valence-corrected chi connectivity index (χ0v) is 17.5. The van der Waals surface area contributed by atoms with E-state index in [1.807, 2.05) is 49.4 Å². The second-order valence-electron chi connectivity index (χ2n) is 7.24. The number of fused-ring (bicyclic) bond motifs is 1. The maximum atomic E-state index is 13.4. The molecule has 0 radical (unpaired) electrons. The summed E-state index contributed by atoms with van der Waals surface area (Å²) in [6.07, 6.45) is 5.03. The van der Waals surface area contributed by atoms with E-state index in [0.717, 1.165) is 42.9 Å². The predicted molar refractivity (Wildman–Crippen MR) is 116 cm³/mol. The van der Waals surface area contributed by atoms with Crippen LogP contribution in [0, 0.1) is 0 Å². The number of carbonyl (C=O) groups is 2. The molecule has 3 rings (SSSR count). The van der Waals surface area contributed by atoms with E-state index < -0.39 is 6.04 Å². The molecule has 2 unspecified atom stereocenters. The van der Waals surface area contributed by atoms with Crippen molar-refractivity contribution in [3.63, 3.8) is 0 Å². The minimum absolute atomic E-state index is 0.0321. The van der Waals surface area contributed by atoms with Crippen LogP contribution in [-0.2, 0) is 9.53 Å². The van der Waals surface area contributed by atoms with Gasteiger partial charge in [-0.2, -0.15) is 0 Å². The van der Waals surface area contributed by atoms with Gasteiger partial charge in [0.15, 0.2) is 0 Å². The molecule has 1 amide bonds. The summed E-state index contributed by atoms with van der Waals surface area (Å²) < 4.78 is 5.39. The Balaban J connectivity index is 1.85. The molecule has 1 aliphatic heterocycles. The molecule has 1 fully saturated rings. The second-order valence-corrected chi connectivity index (χ2v) is 8.45. The Kier molecular flexibility index (Phi) is 7.37. The van der Waals surface area contributed by atoms with Gasteiger partial charge in [-0.15, -0.1) is 11.8 Å². The van der Waals surface area contributed by atoms with E-state index in [-0.39, 0.29) is 17.3 Å². The number of rotatable bonds is 8. The number of thioether (sulfide) groups is 1. The van der Waals surface area contributed by atoms with Gasteiger partial charge in [-0.05, 0) is 35.7 Å². The summed E-state index contributed by atoms with van der Waals surface area (Å²) in [5.41, 5.74) is 0.634. The number of carbonyl (C=O) groups excluding carboxylic acids is 2. The van der Waals surface area contributed by atoms with E-state index in [9.17, 15) is 9.59 Å². The molecule has 2 aromatic rings. The largest absolute Gasteiger partial charge is 0.464 e. The molecule has 0 saturated carbocycles. The van der Waals surface area contributed by atoms with E-state index in [0.29, 0.717) is 17.9 Å². The number of nitrogens with zero attached hydrogens (tertiary/aromatic N) is 1. The Morgan fingerprint density at radius 1 is 1.07 bits per heavy atom. The van der Waals surface area contributed by atoms with Gasteiger partial charge in [-0.1, -0.05) is 63.4 Å². The molecule has 28 heavy (non-hydrogen) atoms. The van der Waals surface area contributed by atoms with Crippen molar-refractivity contribution in [1.82, 2.24) is 4.90 Å². The van der Waals surface area contributed by atoms with E-state index in [1.165, 1.54) is 0 Å². The first kappa shape index (κ1) is 20.7. The van der Waals surface area contributed by atoms with Crippen molar-refractivity contribution in [3.8, 4) is 0 Å². The highest BCUT2D eigenvalue weighted by Crippen LogP contribution is 2.35. The lowest BCUT2D eigenvalue weighted by Crippen LogP contribution is -2.46. The number of esters is 1. The average molecular weight is 400 g/mol. The Morgan fingerprint density at radius 3 is 2.61 bits per heavy atom. The minimum Gasteiger partial charge on any atom is -0.464 e. The van der Waals surface area contributed by atoms with Gasteiger partial charge in [0, 0.05) is 11.3 Å². The van der Waals surface area contributed by atoms with Crippen molar-refractivity contribution in [3.05, 3.63) is 48.0 Å². The monoisotopic (exact) mass is 399 g/mol. The molecule has 0 spiro atoms. The molecule has 5 heteroatoms. The lowest BCUT2D eigenvalue weighted by molar-refractivity contribution is -0.148. The summed E-state index contributed by atoms with van der Waals surface area (Å²) in [6.45, 7) is 4.55. The zero-order chi connectivity index (χ0) is 19.9. The normalized spacial score (nSPS) is 19.1. The van der Waals surface area contributed by atoms with E-state index in [1.54, 1.807) is 16.7 Å². The van der Waals surface area contributed by atoms with Gasteiger partial charge < -0.3 is 9.64 Å². The standard InChI is InChI=1S/C23H29NO3S/c1-3-5-6-11-21-24(20(16-28-21)23(26)27-14-4-2)22(25)19-13-12-17-9-7-8-10-18(17)15-19/h7-10,12-13,15,20-21H,3-6,11,14,16H2,1-2H3. The summed E-state index contributed by atoms with van der Waals surface area (Å²) in [5, 5.41) is 2.17. The van der Waals surface area contributed by atoms with Gasteiger partial charge in [0.25, 0.3) is 5.91 Å². The van der Waals surface area contributed by atoms with Gasteiger partial charge in [-0.3, -0.25) is 4.79 Å². The Hall–Kier alpha value is -2.01. The third-order valence-corrected chi connectivity index (χ3v) is 6.45. The van der Waals surface area contributed by atoms with Crippen molar-refractivity contribution >= 4 is 34.4 Å². The van der Waals surface area contributed by atoms with Crippen LogP contribution in [0.2, 0.25) is 0 Å². The van der Waals surface area contributed by atoms with Crippen molar-refractivity contribution in [2.24, 2.45) is 0 Å². The van der Waals surface area contributed by atoms with Gasteiger partial charge in [0.05, 0.1) is 12.0 Å². The van der Waals surface area contributed by atoms with Crippen LogP contribution in [-0.4, -0.2) is 40.6 Å². The molecule has 0 bridgehead atoms. The Labute approximate surface area is 171 Å². The first-order valence-corrected chi connectivity index (χ1v) is 11.3. The predicted octanol–water partition coefficient (Wildman–Crippen LogP) is 5.26. The number of benzene rings is 2. The highest BCUT2D eigenvalue weighted by atomic mass is 32.2. The Morgan fingerprint density at radius 2 is 1.86 bits per heavy atom. The summed E-state index contributed by atoms with van der Waals surface area (Å²) in [5.74, 6) is 0.260. The van der Waals surface area contributed by atoms with E-state index >= 15 is 0 Å². The first-order valence-electron chi connectivity index (χ1n) is 10.3. The number of unbranched alkanes of at least 4 members (excludes halogenated alkanes) is 2. The Bertz CT molecular complexity index is 822. The molecule has 0 aromatic heterocycles. The fourth-order valence-electron chi connectivity index (χ4n) is 3.58. The fourth-order valence-corrected chi connectivity index (χ4v) is 5.02. The SMILES string of the molecule is CCCCCC1SCC(C(=O)OCCC)N1C(=O)c1ccc2ccccc2c1. The van der Waals surface area contributed by atoms with Crippen LogP contribution >= 0.6 is 11.8 Å². The second kappa shape index (κ2) is 9.97. The van der Waals surface area contributed by atoms with Crippen molar-refractivity contribution in [2.75, 3.05) is 12.4 Å². The molecule has 1 saturated heterocycles. The van der Waals surface area contributed by atoms with Crippen LogP contribution in [0.4, 0.5) is 0 Å². The van der Waals surface area contributed by atoms with Crippen molar-refractivity contribution in [1.29, 1.82) is 0 Å². The summed E-state index contributed by atoms with van der Waals surface area (Å²) in [7, 11) is 0. The van der Waals surface area contributed by atoms with E-state index in [4.69, 9.17) is 4.74 Å². The summed E-state index contributed by atoms with van der Waals surface area (Å²) >= 11 is 1.70.